The Morgan fingerprint density at radius 3 is 1.70 bits per heavy atom. The summed E-state index contributed by atoms with van der Waals surface area (Å²) in [6.45, 7) is 0.0670. The van der Waals surface area contributed by atoms with Gasteiger partial charge in [-0.1, -0.05) is 6.58 Å². The predicted molar refractivity (Wildman–Crippen MR) is 26.1 cm³/mol. The lowest BCUT2D eigenvalue weighted by atomic mass is 10.2. The minimum Gasteiger partial charge on any atom is -0.244 e. The van der Waals surface area contributed by atoms with Crippen LogP contribution in [0.1, 0.15) is 0 Å². The van der Waals surface area contributed by atoms with E-state index in [1.807, 2.05) is 0 Å². The fraction of sp³-hybridized carbons (Fsp3) is 0.600. The van der Waals surface area contributed by atoms with Gasteiger partial charge < -0.3 is 0 Å². The van der Waals surface area contributed by atoms with Gasteiger partial charge in [-0.05, 0) is 6.08 Å². The van der Waals surface area contributed by atoms with Gasteiger partial charge in [0.25, 0.3) is 0 Å². The van der Waals surface area contributed by atoms with Crippen molar-refractivity contribution in [2.24, 2.45) is 0 Å². The molecule has 0 heterocycles. The molecular weight excluding hydrogens is 155 g/mol. The van der Waals surface area contributed by atoms with Crippen molar-refractivity contribution in [1.29, 1.82) is 0 Å². The molecule has 0 aliphatic rings. The summed E-state index contributed by atoms with van der Waals surface area (Å²) in [5.74, 6) is -9.09. The summed E-state index contributed by atoms with van der Waals surface area (Å²) < 4.78 is 58.3. The van der Waals surface area contributed by atoms with E-state index in [4.69, 9.17) is 0 Å². The molecule has 0 nitrogen and oxygen atoms in total. The summed E-state index contributed by atoms with van der Waals surface area (Å²) in [6.07, 6.45) is -0.271. The summed E-state index contributed by atoms with van der Waals surface area (Å²) in [5.41, 5.74) is 0. The van der Waals surface area contributed by atoms with Crippen LogP contribution in [-0.2, 0) is 0 Å². The topological polar surface area (TPSA) is 0 Å². The molecule has 0 saturated carbocycles. The van der Waals surface area contributed by atoms with Gasteiger partial charge >= 0.3 is 11.8 Å². The molecule has 0 fully saturated rings. The highest BCUT2D eigenvalue weighted by Crippen LogP contribution is 2.34. The van der Waals surface area contributed by atoms with Gasteiger partial charge in [0.15, 0.2) is 6.67 Å². The van der Waals surface area contributed by atoms with Crippen molar-refractivity contribution in [2.45, 2.75) is 11.8 Å². The van der Waals surface area contributed by atoms with Gasteiger partial charge in [0, 0.05) is 0 Å². The van der Waals surface area contributed by atoms with Crippen molar-refractivity contribution in [2.75, 3.05) is 6.67 Å². The zero-order chi connectivity index (χ0) is 8.41. The van der Waals surface area contributed by atoms with Crippen molar-refractivity contribution in [3.8, 4) is 0 Å². The van der Waals surface area contributed by atoms with E-state index in [2.05, 4.69) is 6.58 Å². The molecule has 0 bridgehead atoms. The minimum absolute atomic E-state index is 0.271. The average molecular weight is 160 g/mol. The van der Waals surface area contributed by atoms with Crippen molar-refractivity contribution in [1.82, 2.24) is 0 Å². The highest BCUT2D eigenvalue weighted by molar-refractivity contribution is 4.97. The van der Waals surface area contributed by atoms with Crippen LogP contribution in [0.15, 0.2) is 12.7 Å². The Labute approximate surface area is 54.3 Å². The molecule has 0 atom stereocenters. The highest BCUT2D eigenvalue weighted by Gasteiger charge is 2.53. The third-order valence-electron chi connectivity index (χ3n) is 0.912. The largest absolute Gasteiger partial charge is 0.341 e. The molecule has 0 aliphatic heterocycles. The monoisotopic (exact) mass is 160 g/mol. The summed E-state index contributed by atoms with van der Waals surface area (Å²) in [4.78, 5) is 0. The van der Waals surface area contributed by atoms with Gasteiger partial charge in [-0.15, -0.1) is 0 Å². The van der Waals surface area contributed by atoms with Crippen LogP contribution >= 0.6 is 0 Å². The maximum atomic E-state index is 11.8. The van der Waals surface area contributed by atoms with Crippen molar-refractivity contribution in [3.05, 3.63) is 12.7 Å². The van der Waals surface area contributed by atoms with Crippen LogP contribution in [0.2, 0.25) is 0 Å². The van der Waals surface area contributed by atoms with Gasteiger partial charge in [-0.3, -0.25) is 0 Å². The number of allylic oxidation sites excluding steroid dienone is 1. The first-order chi connectivity index (χ1) is 4.37. The third kappa shape index (κ3) is 1.46. The lowest BCUT2D eigenvalue weighted by molar-refractivity contribution is -0.186. The molecule has 0 N–H and O–H groups in total. The second kappa shape index (κ2) is 2.56. The Hall–Kier alpha value is -0.610. The Balaban J connectivity index is 4.43. The number of rotatable bonds is 3. The summed E-state index contributed by atoms with van der Waals surface area (Å²) in [6, 6.07) is 0. The van der Waals surface area contributed by atoms with Gasteiger partial charge in [0.2, 0.25) is 0 Å². The van der Waals surface area contributed by atoms with Crippen molar-refractivity contribution < 1.29 is 22.0 Å². The Bertz CT molecular complexity index is 128. The first kappa shape index (κ1) is 9.39. The summed E-state index contributed by atoms with van der Waals surface area (Å²) in [5, 5.41) is 0. The van der Waals surface area contributed by atoms with Crippen LogP contribution in [0.5, 0.6) is 0 Å². The Morgan fingerprint density at radius 2 is 1.60 bits per heavy atom. The highest BCUT2D eigenvalue weighted by atomic mass is 19.3. The zero-order valence-corrected chi connectivity index (χ0v) is 4.88. The number of alkyl halides is 5. The summed E-state index contributed by atoms with van der Waals surface area (Å²) >= 11 is 0. The maximum Gasteiger partial charge on any atom is 0.341 e. The van der Waals surface area contributed by atoms with E-state index < -0.39 is 18.5 Å². The zero-order valence-electron chi connectivity index (χ0n) is 4.88. The quantitative estimate of drug-likeness (QED) is 0.439. The second-order valence-electron chi connectivity index (χ2n) is 1.67. The van der Waals surface area contributed by atoms with Gasteiger partial charge in [-0.2, -0.15) is 17.6 Å². The molecule has 0 aromatic rings. The first-order valence-corrected chi connectivity index (χ1v) is 2.32. The van der Waals surface area contributed by atoms with Crippen LogP contribution in [0.3, 0.4) is 0 Å². The Morgan fingerprint density at radius 1 is 1.20 bits per heavy atom. The fourth-order valence-corrected chi connectivity index (χ4v) is 0.238. The predicted octanol–water partition coefficient (Wildman–Crippen LogP) is 2.41. The van der Waals surface area contributed by atoms with E-state index in [0.717, 1.165) is 0 Å². The smallest absolute Gasteiger partial charge is 0.244 e. The van der Waals surface area contributed by atoms with E-state index in [-0.39, 0.29) is 6.08 Å². The van der Waals surface area contributed by atoms with Gasteiger partial charge in [-0.25, -0.2) is 4.39 Å². The SMILES string of the molecule is C=CC(F)(F)C(F)(F)CF. The van der Waals surface area contributed by atoms with Gasteiger partial charge in [0.05, 0.1) is 0 Å². The normalized spacial score (nSPS) is 13.3. The fourth-order valence-electron chi connectivity index (χ4n) is 0.238. The molecule has 0 saturated heterocycles. The molecule has 0 aliphatic carbocycles. The molecule has 0 aromatic heterocycles. The molecule has 0 unspecified atom stereocenters. The van der Waals surface area contributed by atoms with Crippen molar-refractivity contribution >= 4 is 0 Å². The van der Waals surface area contributed by atoms with Crippen LogP contribution in [0, 0.1) is 0 Å². The molecule has 0 aromatic carbocycles. The Kier molecular flexibility index (Phi) is 2.40. The standard InChI is InChI=1S/C5H5F5/c1-2-4(7,8)5(9,10)3-6/h2H,1,3H2. The van der Waals surface area contributed by atoms with E-state index >= 15 is 0 Å². The van der Waals surface area contributed by atoms with Crippen LogP contribution in [-0.4, -0.2) is 18.5 Å². The van der Waals surface area contributed by atoms with Crippen molar-refractivity contribution in [3.63, 3.8) is 0 Å². The lowest BCUT2D eigenvalue weighted by Crippen LogP contribution is -2.40. The molecule has 60 valence electrons. The van der Waals surface area contributed by atoms with Crippen LogP contribution in [0.4, 0.5) is 22.0 Å². The summed E-state index contributed by atoms with van der Waals surface area (Å²) in [7, 11) is 0. The average Bonchev–Trinajstić information content (AvgIpc) is 1.88. The number of hydrogen-bond acceptors (Lipinski definition) is 0. The second-order valence-corrected chi connectivity index (χ2v) is 1.67. The van der Waals surface area contributed by atoms with E-state index in [1.54, 1.807) is 0 Å². The molecule has 0 spiro atoms. The van der Waals surface area contributed by atoms with E-state index in [0.29, 0.717) is 0 Å². The maximum absolute atomic E-state index is 11.8. The molecule has 0 radical (unpaired) electrons. The lowest BCUT2D eigenvalue weighted by Gasteiger charge is -2.19. The molecule has 5 heteroatoms. The van der Waals surface area contributed by atoms with Crippen LogP contribution < -0.4 is 0 Å². The van der Waals surface area contributed by atoms with E-state index in [1.165, 1.54) is 0 Å². The molecule has 0 amide bonds. The number of halogens is 5. The molecule has 0 rings (SSSR count). The first-order valence-electron chi connectivity index (χ1n) is 2.32. The van der Waals surface area contributed by atoms with Crippen LogP contribution in [0.25, 0.3) is 0 Å². The van der Waals surface area contributed by atoms with Gasteiger partial charge in [0.1, 0.15) is 0 Å². The number of hydrogen-bond donors (Lipinski definition) is 0. The third-order valence-corrected chi connectivity index (χ3v) is 0.912. The molecular formula is C5H5F5. The minimum atomic E-state index is -4.63. The van der Waals surface area contributed by atoms with E-state index in [9.17, 15) is 22.0 Å². The molecule has 10 heavy (non-hydrogen) atoms.